The zero-order valence-corrected chi connectivity index (χ0v) is 18.5. The zero-order valence-electron chi connectivity index (χ0n) is 18.5. The molecule has 10 nitrogen and oxygen atoms in total. The highest BCUT2D eigenvalue weighted by Gasteiger charge is 2.25. The molecule has 0 radical (unpaired) electrons. The van der Waals surface area contributed by atoms with Crippen LogP contribution >= 0.6 is 0 Å². The Bertz CT molecular complexity index is 1440. The first-order chi connectivity index (χ1) is 15.9. The number of carbonyl (C=O) groups excluding carboxylic acids is 1. The first-order valence-electron chi connectivity index (χ1n) is 10.6. The van der Waals surface area contributed by atoms with Gasteiger partial charge in [0.05, 0.1) is 11.7 Å². The maximum absolute atomic E-state index is 12.6. The molecule has 1 aliphatic rings. The second-order valence-corrected chi connectivity index (χ2v) is 8.17. The molecule has 0 unspecified atom stereocenters. The normalized spacial score (nSPS) is 13.2. The maximum atomic E-state index is 12.6. The molecule has 0 spiro atoms. The van der Waals surface area contributed by atoms with E-state index in [9.17, 15) is 9.59 Å². The number of hydrogen-bond donors (Lipinski definition) is 2. The molecule has 0 atom stereocenters. The second kappa shape index (κ2) is 8.05. The van der Waals surface area contributed by atoms with Crippen molar-refractivity contribution < 1.29 is 9.53 Å². The van der Waals surface area contributed by atoms with E-state index < -0.39 is 0 Å². The summed E-state index contributed by atoms with van der Waals surface area (Å²) in [4.78, 5) is 36.9. The minimum Gasteiger partial charge on any atom is -0.455 e. The first kappa shape index (κ1) is 20.7. The van der Waals surface area contributed by atoms with Gasteiger partial charge in [0.25, 0.3) is 5.56 Å². The summed E-state index contributed by atoms with van der Waals surface area (Å²) in [7, 11) is 3.61. The van der Waals surface area contributed by atoms with Crippen LogP contribution in [-0.2, 0) is 18.9 Å². The van der Waals surface area contributed by atoms with Gasteiger partial charge in [-0.1, -0.05) is 0 Å². The van der Waals surface area contributed by atoms with Crippen molar-refractivity contribution in [3.05, 3.63) is 58.8 Å². The van der Waals surface area contributed by atoms with Crippen LogP contribution in [0, 0.1) is 0 Å². The van der Waals surface area contributed by atoms with E-state index in [2.05, 4.69) is 25.6 Å². The highest BCUT2D eigenvalue weighted by molar-refractivity contribution is 5.87. The summed E-state index contributed by atoms with van der Waals surface area (Å²) in [6.45, 7) is 1.42. The Morgan fingerprint density at radius 3 is 2.73 bits per heavy atom. The molecule has 1 aliphatic carbocycles. The monoisotopic (exact) mass is 445 g/mol. The molecule has 4 aromatic heterocycles. The summed E-state index contributed by atoms with van der Waals surface area (Å²) < 4.78 is 9.34. The molecule has 1 amide bonds. The van der Waals surface area contributed by atoms with E-state index in [0.29, 0.717) is 40.5 Å². The van der Waals surface area contributed by atoms with E-state index in [-0.39, 0.29) is 11.5 Å². The lowest BCUT2D eigenvalue weighted by atomic mass is 10.2. The molecular weight excluding hydrogens is 422 g/mol. The fourth-order valence-corrected chi connectivity index (χ4v) is 3.66. The number of fused-ring (bicyclic) bond motifs is 1. The number of amides is 1. The molecule has 4 aromatic rings. The fraction of sp³-hybridized carbons (Fsp3) is 0.261. The molecule has 168 valence electrons. The van der Waals surface area contributed by atoms with Crippen molar-refractivity contribution in [3.63, 3.8) is 0 Å². The highest BCUT2D eigenvalue weighted by atomic mass is 16.5. The lowest BCUT2D eigenvalue weighted by molar-refractivity contribution is -0.114. The molecule has 10 heteroatoms. The Balaban J connectivity index is 1.43. The van der Waals surface area contributed by atoms with Crippen LogP contribution in [0.15, 0.2) is 47.7 Å². The van der Waals surface area contributed by atoms with Gasteiger partial charge in [-0.3, -0.25) is 9.59 Å². The lowest BCUT2D eigenvalue weighted by Crippen LogP contribution is -2.20. The van der Waals surface area contributed by atoms with E-state index in [1.54, 1.807) is 36.1 Å². The summed E-state index contributed by atoms with van der Waals surface area (Å²) >= 11 is 0. The van der Waals surface area contributed by atoms with Crippen molar-refractivity contribution in [3.8, 4) is 11.5 Å². The van der Waals surface area contributed by atoms with Crippen LogP contribution in [0.3, 0.4) is 0 Å². The highest BCUT2D eigenvalue weighted by Crippen LogP contribution is 2.40. The Morgan fingerprint density at radius 2 is 1.97 bits per heavy atom. The van der Waals surface area contributed by atoms with Gasteiger partial charge in [0.15, 0.2) is 5.65 Å². The Hall–Kier alpha value is -4.21. The third-order valence-corrected chi connectivity index (χ3v) is 5.48. The Morgan fingerprint density at radius 1 is 1.15 bits per heavy atom. The number of anilines is 3. The number of nitrogens with one attached hydrogen (secondary N) is 2. The van der Waals surface area contributed by atoms with Crippen LogP contribution < -0.4 is 20.9 Å². The van der Waals surface area contributed by atoms with Crippen LogP contribution in [0.25, 0.3) is 11.2 Å². The van der Waals surface area contributed by atoms with Crippen LogP contribution in [0.1, 0.15) is 31.2 Å². The summed E-state index contributed by atoms with van der Waals surface area (Å²) in [5.74, 6) is 2.24. The molecule has 1 fully saturated rings. The molecule has 33 heavy (non-hydrogen) atoms. The predicted octanol–water partition coefficient (Wildman–Crippen LogP) is 3.43. The van der Waals surface area contributed by atoms with Gasteiger partial charge in [-0.05, 0) is 36.5 Å². The summed E-state index contributed by atoms with van der Waals surface area (Å²) in [5.41, 5.74) is 2.79. The number of aromatic nitrogens is 5. The molecule has 2 N–H and O–H groups in total. The van der Waals surface area contributed by atoms with Gasteiger partial charge < -0.3 is 24.5 Å². The number of aryl methyl sites for hydroxylation is 2. The minimum absolute atomic E-state index is 0.115. The molecule has 1 saturated carbocycles. The van der Waals surface area contributed by atoms with Gasteiger partial charge in [-0.15, -0.1) is 0 Å². The van der Waals surface area contributed by atoms with Crippen molar-refractivity contribution in [2.75, 3.05) is 10.6 Å². The lowest BCUT2D eigenvalue weighted by Gasteiger charge is -2.10. The van der Waals surface area contributed by atoms with E-state index in [4.69, 9.17) is 4.74 Å². The minimum atomic E-state index is -0.213. The van der Waals surface area contributed by atoms with Crippen LogP contribution in [-0.4, -0.2) is 30.0 Å². The topological polar surface area (TPSA) is 116 Å². The third-order valence-electron chi connectivity index (χ3n) is 5.48. The van der Waals surface area contributed by atoms with Gasteiger partial charge >= 0.3 is 0 Å². The second-order valence-electron chi connectivity index (χ2n) is 8.17. The number of rotatable bonds is 6. The quantitative estimate of drug-likeness (QED) is 0.467. The van der Waals surface area contributed by atoms with Gasteiger partial charge in [0.2, 0.25) is 11.9 Å². The average Bonchev–Trinajstić information content (AvgIpc) is 3.57. The van der Waals surface area contributed by atoms with Gasteiger partial charge in [0.1, 0.15) is 23.0 Å². The average molecular weight is 445 g/mol. The van der Waals surface area contributed by atoms with Crippen LogP contribution in [0.2, 0.25) is 0 Å². The Labute approximate surface area is 189 Å². The zero-order chi connectivity index (χ0) is 23.1. The molecule has 0 aromatic carbocycles. The number of imidazole rings is 1. The maximum Gasteiger partial charge on any atom is 0.274 e. The van der Waals surface area contributed by atoms with E-state index >= 15 is 0 Å². The van der Waals surface area contributed by atoms with Crippen LogP contribution in [0.5, 0.6) is 11.5 Å². The van der Waals surface area contributed by atoms with Crippen molar-refractivity contribution >= 4 is 34.5 Å². The molecule has 0 saturated heterocycles. The number of nitrogens with zero attached hydrogens (tertiary/aromatic N) is 5. The largest absolute Gasteiger partial charge is 0.455 e. The predicted molar refractivity (Wildman–Crippen MR) is 124 cm³/mol. The van der Waals surface area contributed by atoms with Crippen molar-refractivity contribution in [2.45, 2.75) is 25.7 Å². The Kier molecular flexibility index (Phi) is 5.04. The standard InChI is InChI=1S/C23H23N7O3/c1-13(31)26-20-10-16(6-7-24-20)33-17-9-19-21(25-11-17)28-23(30(19)3)27-18-8-15(14-4-5-14)12-29(2)22(18)32/h6-12,14H,4-5H2,1-3H3,(H,24,26,31)(H,25,27,28). The number of hydrogen-bond acceptors (Lipinski definition) is 7. The molecule has 0 aliphatic heterocycles. The van der Waals surface area contributed by atoms with E-state index in [1.807, 2.05) is 29.9 Å². The number of carbonyl (C=O) groups is 1. The number of ether oxygens (including phenoxy) is 1. The smallest absolute Gasteiger partial charge is 0.274 e. The van der Waals surface area contributed by atoms with Crippen molar-refractivity contribution in [1.29, 1.82) is 0 Å². The SMILES string of the molecule is CC(=O)Nc1cc(Oc2cnc3nc(Nc4cc(C5CC5)cn(C)c4=O)n(C)c3c2)ccn1. The fourth-order valence-electron chi connectivity index (χ4n) is 3.66. The van der Waals surface area contributed by atoms with E-state index in [0.717, 1.165) is 23.9 Å². The molecule has 5 rings (SSSR count). The van der Waals surface area contributed by atoms with Gasteiger partial charge in [-0.25, -0.2) is 9.97 Å². The summed E-state index contributed by atoms with van der Waals surface area (Å²) in [6.07, 6.45) is 7.34. The van der Waals surface area contributed by atoms with Gasteiger partial charge in [-0.2, -0.15) is 4.98 Å². The van der Waals surface area contributed by atoms with E-state index in [1.165, 1.54) is 6.92 Å². The van der Waals surface area contributed by atoms with Gasteiger partial charge in [0, 0.05) is 45.5 Å². The molecule has 4 heterocycles. The summed E-state index contributed by atoms with van der Waals surface area (Å²) in [5, 5.41) is 5.80. The van der Waals surface area contributed by atoms with Crippen molar-refractivity contribution in [1.82, 2.24) is 24.1 Å². The summed E-state index contributed by atoms with van der Waals surface area (Å²) in [6, 6.07) is 7.05. The third kappa shape index (κ3) is 4.27. The molecular formula is C23H23N7O3. The first-order valence-corrected chi connectivity index (χ1v) is 10.6. The number of pyridine rings is 3. The van der Waals surface area contributed by atoms with Crippen LogP contribution in [0.4, 0.5) is 17.5 Å². The molecule has 0 bridgehead atoms. The van der Waals surface area contributed by atoms with Crippen molar-refractivity contribution in [2.24, 2.45) is 14.1 Å².